The van der Waals surface area contributed by atoms with Crippen molar-refractivity contribution in [1.82, 2.24) is 19.9 Å². The Morgan fingerprint density at radius 2 is 2.33 bits per heavy atom. The highest BCUT2D eigenvalue weighted by Crippen LogP contribution is 2.57. The van der Waals surface area contributed by atoms with Gasteiger partial charge in [-0.3, -0.25) is 9.36 Å². The molecule has 2 aromatic heterocycles. The summed E-state index contributed by atoms with van der Waals surface area (Å²) in [6.45, 7) is 2.78. The molecule has 1 spiro atoms. The van der Waals surface area contributed by atoms with Crippen molar-refractivity contribution in [3.8, 4) is 5.82 Å². The molecule has 2 fully saturated rings. The van der Waals surface area contributed by atoms with Crippen molar-refractivity contribution in [2.45, 2.75) is 44.8 Å². The van der Waals surface area contributed by atoms with Gasteiger partial charge in [-0.2, -0.15) is 0 Å². The lowest BCUT2D eigenvalue weighted by molar-refractivity contribution is -0.169. The molecule has 6 nitrogen and oxygen atoms in total. The molecule has 2 aromatic rings. The summed E-state index contributed by atoms with van der Waals surface area (Å²) < 4.78 is 7.65. The summed E-state index contributed by atoms with van der Waals surface area (Å²) in [6, 6.07) is 3.87. The summed E-state index contributed by atoms with van der Waals surface area (Å²) in [7, 11) is 0. The first-order valence-electron chi connectivity index (χ1n) is 8.60. The normalized spacial score (nSPS) is 24.2. The fourth-order valence-corrected chi connectivity index (χ4v) is 3.95. The first kappa shape index (κ1) is 15.3. The number of carbonyl (C=O) groups is 1. The largest absolute Gasteiger partial charge is 0.378 e. The van der Waals surface area contributed by atoms with E-state index in [2.05, 4.69) is 15.3 Å². The molecule has 2 saturated carbocycles. The smallest absolute Gasteiger partial charge is 0.253 e. The van der Waals surface area contributed by atoms with Gasteiger partial charge in [0.25, 0.3) is 5.91 Å². The van der Waals surface area contributed by atoms with E-state index >= 15 is 0 Å². The third kappa shape index (κ3) is 2.41. The van der Waals surface area contributed by atoms with Gasteiger partial charge in [0, 0.05) is 36.7 Å². The third-order valence-electron chi connectivity index (χ3n) is 5.52. The molecule has 2 atom stereocenters. The highest BCUT2D eigenvalue weighted by Gasteiger charge is 2.59. The van der Waals surface area contributed by atoms with Crippen molar-refractivity contribution < 1.29 is 9.53 Å². The topological polar surface area (TPSA) is 69.0 Å². The van der Waals surface area contributed by atoms with E-state index in [0.717, 1.165) is 31.7 Å². The van der Waals surface area contributed by atoms with Crippen LogP contribution in [0.4, 0.5) is 0 Å². The Labute approximate surface area is 141 Å². The minimum absolute atomic E-state index is 0.0501. The van der Waals surface area contributed by atoms with Crippen LogP contribution in [0, 0.1) is 5.41 Å². The number of carbonyl (C=O) groups excluding carboxylic acids is 1. The molecule has 126 valence electrons. The van der Waals surface area contributed by atoms with Crippen LogP contribution in [0.5, 0.6) is 0 Å². The van der Waals surface area contributed by atoms with Gasteiger partial charge in [0.05, 0.1) is 11.7 Å². The van der Waals surface area contributed by atoms with Crippen LogP contribution in [0.25, 0.3) is 5.82 Å². The molecule has 0 aromatic carbocycles. The van der Waals surface area contributed by atoms with E-state index in [1.54, 1.807) is 18.7 Å². The minimum atomic E-state index is -0.0501. The number of amides is 1. The number of pyridine rings is 1. The minimum Gasteiger partial charge on any atom is -0.378 e. The van der Waals surface area contributed by atoms with E-state index in [9.17, 15) is 4.79 Å². The second kappa shape index (κ2) is 6.02. The molecule has 1 amide bonds. The maximum Gasteiger partial charge on any atom is 0.253 e. The highest BCUT2D eigenvalue weighted by molar-refractivity contribution is 5.94. The summed E-state index contributed by atoms with van der Waals surface area (Å²) in [5.41, 5.74) is 0.767. The Balaban J connectivity index is 1.42. The van der Waals surface area contributed by atoms with Crippen LogP contribution in [0.3, 0.4) is 0 Å². The van der Waals surface area contributed by atoms with Crippen LogP contribution >= 0.6 is 0 Å². The Morgan fingerprint density at radius 1 is 1.46 bits per heavy atom. The molecular weight excluding hydrogens is 304 g/mol. The van der Waals surface area contributed by atoms with Gasteiger partial charge < -0.3 is 10.1 Å². The van der Waals surface area contributed by atoms with Crippen LogP contribution in [0.15, 0.2) is 37.1 Å². The summed E-state index contributed by atoms with van der Waals surface area (Å²) in [5, 5.41) is 3.19. The first-order valence-corrected chi connectivity index (χ1v) is 8.60. The number of hydrogen-bond acceptors (Lipinski definition) is 4. The van der Waals surface area contributed by atoms with Crippen molar-refractivity contribution in [3.63, 3.8) is 0 Å². The third-order valence-corrected chi connectivity index (χ3v) is 5.52. The van der Waals surface area contributed by atoms with Gasteiger partial charge >= 0.3 is 0 Å². The van der Waals surface area contributed by atoms with Crippen molar-refractivity contribution in [1.29, 1.82) is 0 Å². The summed E-state index contributed by atoms with van der Waals surface area (Å²) in [4.78, 5) is 20.9. The quantitative estimate of drug-likeness (QED) is 0.916. The lowest BCUT2D eigenvalue weighted by Gasteiger charge is -2.61. The molecule has 0 bridgehead atoms. The van der Waals surface area contributed by atoms with Gasteiger partial charge in [-0.25, -0.2) is 9.97 Å². The fraction of sp³-hybridized carbons (Fsp3) is 0.500. The number of nitrogens with zero attached hydrogens (tertiary/aromatic N) is 3. The average molecular weight is 326 g/mol. The molecule has 0 aliphatic heterocycles. The number of nitrogens with one attached hydrogen (secondary N) is 1. The molecule has 6 heteroatoms. The summed E-state index contributed by atoms with van der Waals surface area (Å²) >= 11 is 0. The molecule has 0 saturated heterocycles. The van der Waals surface area contributed by atoms with Gasteiger partial charge in [-0.1, -0.05) is 6.42 Å². The molecule has 24 heavy (non-hydrogen) atoms. The molecular formula is C18H22N4O2. The zero-order valence-corrected chi connectivity index (χ0v) is 13.8. The van der Waals surface area contributed by atoms with Gasteiger partial charge in [-0.15, -0.1) is 0 Å². The van der Waals surface area contributed by atoms with E-state index in [0.29, 0.717) is 11.7 Å². The van der Waals surface area contributed by atoms with Crippen LogP contribution in [-0.4, -0.2) is 39.2 Å². The molecule has 4 rings (SSSR count). The number of hydrogen-bond donors (Lipinski definition) is 1. The fourth-order valence-electron chi connectivity index (χ4n) is 3.95. The van der Waals surface area contributed by atoms with Gasteiger partial charge in [0.2, 0.25) is 0 Å². The monoisotopic (exact) mass is 326 g/mol. The second-order valence-electron chi connectivity index (χ2n) is 6.67. The molecule has 2 heterocycles. The van der Waals surface area contributed by atoms with E-state index in [-0.39, 0.29) is 17.4 Å². The van der Waals surface area contributed by atoms with Gasteiger partial charge in [0.1, 0.15) is 12.1 Å². The maximum absolute atomic E-state index is 12.5. The van der Waals surface area contributed by atoms with E-state index in [1.165, 1.54) is 6.42 Å². The predicted octanol–water partition coefficient (Wildman–Crippen LogP) is 2.34. The van der Waals surface area contributed by atoms with Crippen molar-refractivity contribution in [3.05, 3.63) is 42.6 Å². The number of rotatable bonds is 5. The number of imidazole rings is 1. The standard InChI is InChI=1S/C18H22N4O2/c1-2-24-15-10-14(18(15)6-3-7-18)21-17(23)13-4-5-16(20-11-13)22-9-8-19-12-22/h4-5,8-9,11-12,14-15H,2-3,6-7,10H2,1H3,(H,21,23). The number of aromatic nitrogens is 3. The zero-order valence-electron chi connectivity index (χ0n) is 13.8. The van der Waals surface area contributed by atoms with E-state index in [1.807, 2.05) is 29.8 Å². The van der Waals surface area contributed by atoms with Gasteiger partial charge in [0.15, 0.2) is 0 Å². The highest BCUT2D eigenvalue weighted by atomic mass is 16.5. The first-order chi connectivity index (χ1) is 11.7. The maximum atomic E-state index is 12.5. The van der Waals surface area contributed by atoms with Crippen molar-refractivity contribution >= 4 is 5.91 Å². The van der Waals surface area contributed by atoms with E-state index < -0.39 is 0 Å². The lowest BCUT2D eigenvalue weighted by atomic mass is 9.51. The summed E-state index contributed by atoms with van der Waals surface area (Å²) in [5.74, 6) is 0.700. The Kier molecular flexibility index (Phi) is 3.84. The van der Waals surface area contributed by atoms with E-state index in [4.69, 9.17) is 4.74 Å². The van der Waals surface area contributed by atoms with Crippen LogP contribution in [0.1, 0.15) is 43.0 Å². The molecule has 2 unspecified atom stereocenters. The zero-order chi connectivity index (χ0) is 16.6. The Bertz CT molecular complexity index is 707. The van der Waals surface area contributed by atoms with Crippen molar-refractivity contribution in [2.75, 3.05) is 6.61 Å². The number of ether oxygens (including phenoxy) is 1. The summed E-state index contributed by atoms with van der Waals surface area (Å²) in [6.07, 6.45) is 11.6. The average Bonchev–Trinajstić information content (AvgIpc) is 3.06. The lowest BCUT2D eigenvalue weighted by Crippen LogP contribution is -2.67. The van der Waals surface area contributed by atoms with Crippen molar-refractivity contribution in [2.24, 2.45) is 5.41 Å². The van der Waals surface area contributed by atoms with Crippen LogP contribution < -0.4 is 5.32 Å². The molecule has 1 N–H and O–H groups in total. The second-order valence-corrected chi connectivity index (χ2v) is 6.67. The molecule has 2 aliphatic rings. The Morgan fingerprint density at radius 3 is 2.92 bits per heavy atom. The molecule has 0 radical (unpaired) electrons. The SMILES string of the molecule is CCOC1CC(NC(=O)c2ccc(-n3ccnc3)nc2)C12CCC2. The van der Waals surface area contributed by atoms with Gasteiger partial charge in [-0.05, 0) is 38.3 Å². The van der Waals surface area contributed by atoms with Crippen LogP contribution in [0.2, 0.25) is 0 Å². The molecule has 2 aliphatic carbocycles. The van der Waals surface area contributed by atoms with Crippen LogP contribution in [-0.2, 0) is 4.74 Å². The Hall–Kier alpha value is -2.21. The predicted molar refractivity (Wildman–Crippen MR) is 88.9 cm³/mol.